The first-order valence-corrected chi connectivity index (χ1v) is 9.02. The van der Waals surface area contributed by atoms with Crippen LogP contribution in [-0.4, -0.2) is 40.4 Å². The van der Waals surface area contributed by atoms with Crippen LogP contribution in [0.2, 0.25) is 0 Å². The van der Waals surface area contributed by atoms with E-state index in [1.54, 1.807) is 44.7 Å². The van der Waals surface area contributed by atoms with Crippen molar-refractivity contribution >= 4 is 22.8 Å². The number of hydrogen-bond donors (Lipinski definition) is 4. The molecular weight excluding hydrogens is 391 g/mol. The van der Waals surface area contributed by atoms with Gasteiger partial charge in [0.1, 0.15) is 5.82 Å². The number of urea groups is 1. The number of ether oxygens (including phenoxy) is 2. The van der Waals surface area contributed by atoms with E-state index in [9.17, 15) is 9.18 Å². The summed E-state index contributed by atoms with van der Waals surface area (Å²) in [6.07, 6.45) is 1.56. The van der Waals surface area contributed by atoms with Crippen LogP contribution in [0.1, 0.15) is 5.56 Å². The van der Waals surface area contributed by atoms with Crippen molar-refractivity contribution in [3.05, 3.63) is 54.0 Å². The monoisotopic (exact) mass is 410 g/mol. The van der Waals surface area contributed by atoms with E-state index in [-0.39, 0.29) is 12.4 Å². The summed E-state index contributed by atoms with van der Waals surface area (Å²) < 4.78 is 23.6. The maximum Gasteiger partial charge on any atom is 0.319 e. The number of fused-ring (bicyclic) bond motifs is 1. The number of anilines is 1. The number of aromatic nitrogens is 4. The Kier molecular flexibility index (Phi) is 5.21. The molecule has 0 bridgehead atoms. The summed E-state index contributed by atoms with van der Waals surface area (Å²) in [6, 6.07) is 9.00. The minimum absolute atomic E-state index is 0.253. The summed E-state index contributed by atoms with van der Waals surface area (Å²) in [7, 11) is 3.11. The molecule has 154 valence electrons. The van der Waals surface area contributed by atoms with Crippen molar-refractivity contribution in [3.63, 3.8) is 0 Å². The molecule has 0 aliphatic heterocycles. The summed E-state index contributed by atoms with van der Waals surface area (Å²) in [5.41, 5.74) is 3.07. The van der Waals surface area contributed by atoms with E-state index in [1.165, 1.54) is 12.1 Å². The van der Waals surface area contributed by atoms with Gasteiger partial charge in [-0.15, -0.1) is 0 Å². The SMILES string of the molecule is COc1cc2nc(-c3n[nH]cc3NC(=O)NCc3ccc(F)cc3)[nH]c2cc1OC. The Balaban J connectivity index is 1.51. The Morgan fingerprint density at radius 3 is 2.60 bits per heavy atom. The van der Waals surface area contributed by atoms with Gasteiger partial charge in [0.25, 0.3) is 0 Å². The number of nitrogens with one attached hydrogen (secondary N) is 4. The van der Waals surface area contributed by atoms with Crippen LogP contribution in [0.15, 0.2) is 42.6 Å². The first-order valence-electron chi connectivity index (χ1n) is 9.02. The molecule has 4 N–H and O–H groups in total. The summed E-state index contributed by atoms with van der Waals surface area (Å²) in [4.78, 5) is 20.0. The summed E-state index contributed by atoms with van der Waals surface area (Å²) >= 11 is 0. The highest BCUT2D eigenvalue weighted by molar-refractivity contribution is 5.93. The van der Waals surface area contributed by atoms with E-state index < -0.39 is 6.03 Å². The van der Waals surface area contributed by atoms with Gasteiger partial charge in [0.05, 0.1) is 30.9 Å². The van der Waals surface area contributed by atoms with E-state index in [0.29, 0.717) is 34.2 Å². The lowest BCUT2D eigenvalue weighted by molar-refractivity contribution is 0.251. The molecule has 0 spiro atoms. The number of rotatable bonds is 6. The molecule has 0 aliphatic carbocycles. The second-order valence-corrected chi connectivity index (χ2v) is 6.39. The van der Waals surface area contributed by atoms with E-state index in [4.69, 9.17) is 9.47 Å². The molecule has 2 heterocycles. The Labute approximate surface area is 170 Å². The largest absolute Gasteiger partial charge is 0.493 e. The predicted octanol–water partition coefficient (Wildman–Crippen LogP) is 3.43. The third-order valence-corrected chi connectivity index (χ3v) is 4.47. The van der Waals surface area contributed by atoms with E-state index in [2.05, 4.69) is 30.8 Å². The Bertz CT molecular complexity index is 1140. The normalized spacial score (nSPS) is 10.8. The Hall–Kier alpha value is -4.08. The number of imidazole rings is 1. The quantitative estimate of drug-likeness (QED) is 0.389. The van der Waals surface area contributed by atoms with Gasteiger partial charge in [-0.25, -0.2) is 14.2 Å². The van der Waals surface area contributed by atoms with Gasteiger partial charge < -0.3 is 25.1 Å². The topological polar surface area (TPSA) is 117 Å². The molecule has 0 unspecified atom stereocenters. The van der Waals surface area contributed by atoms with Crippen molar-refractivity contribution in [3.8, 4) is 23.0 Å². The first kappa shape index (κ1) is 19.2. The molecule has 0 atom stereocenters. The minimum Gasteiger partial charge on any atom is -0.493 e. The fourth-order valence-corrected chi connectivity index (χ4v) is 2.97. The molecule has 10 heteroatoms. The highest BCUT2D eigenvalue weighted by atomic mass is 19.1. The minimum atomic E-state index is -0.429. The Morgan fingerprint density at radius 2 is 1.87 bits per heavy atom. The zero-order chi connectivity index (χ0) is 21.1. The van der Waals surface area contributed by atoms with Crippen LogP contribution in [0.3, 0.4) is 0 Å². The number of amides is 2. The molecule has 0 saturated carbocycles. The van der Waals surface area contributed by atoms with E-state index in [1.807, 2.05) is 0 Å². The lowest BCUT2D eigenvalue weighted by atomic mass is 10.2. The summed E-state index contributed by atoms with van der Waals surface area (Å²) in [5, 5.41) is 12.4. The fraction of sp³-hybridized carbons (Fsp3) is 0.150. The van der Waals surface area contributed by atoms with Crippen molar-refractivity contribution in [1.29, 1.82) is 0 Å². The Morgan fingerprint density at radius 1 is 1.13 bits per heavy atom. The van der Waals surface area contributed by atoms with Crippen LogP contribution in [0.4, 0.5) is 14.9 Å². The number of benzene rings is 2. The lowest BCUT2D eigenvalue weighted by Gasteiger charge is -2.07. The first-order chi connectivity index (χ1) is 14.6. The number of H-pyrrole nitrogens is 2. The number of nitrogens with zero attached hydrogens (tertiary/aromatic N) is 2. The highest BCUT2D eigenvalue weighted by Gasteiger charge is 2.17. The maximum absolute atomic E-state index is 13.0. The fourth-order valence-electron chi connectivity index (χ4n) is 2.97. The van der Waals surface area contributed by atoms with Crippen molar-refractivity contribution in [1.82, 2.24) is 25.5 Å². The smallest absolute Gasteiger partial charge is 0.319 e. The lowest BCUT2D eigenvalue weighted by Crippen LogP contribution is -2.28. The maximum atomic E-state index is 13.0. The molecule has 9 nitrogen and oxygen atoms in total. The zero-order valence-electron chi connectivity index (χ0n) is 16.2. The molecule has 2 amide bonds. The number of aromatic amines is 2. The van der Waals surface area contributed by atoms with Gasteiger partial charge in [-0.3, -0.25) is 5.10 Å². The van der Waals surface area contributed by atoms with Crippen LogP contribution in [-0.2, 0) is 6.54 Å². The molecule has 4 rings (SSSR count). The third kappa shape index (κ3) is 3.88. The van der Waals surface area contributed by atoms with Crippen molar-refractivity contribution in [2.45, 2.75) is 6.54 Å². The number of methoxy groups -OCH3 is 2. The van der Waals surface area contributed by atoms with Crippen LogP contribution in [0.25, 0.3) is 22.6 Å². The van der Waals surface area contributed by atoms with Gasteiger partial charge in [-0.1, -0.05) is 12.1 Å². The number of hydrogen-bond acceptors (Lipinski definition) is 5. The highest BCUT2D eigenvalue weighted by Crippen LogP contribution is 2.33. The standard InChI is InChI=1S/C20H19FN6O3/c1-29-16-7-13-14(8-17(16)30-2)25-19(24-13)18-15(10-23-27-18)26-20(28)22-9-11-3-5-12(21)6-4-11/h3-8,10H,9H2,1-2H3,(H,23,27)(H,24,25)(H2,22,26,28). The average Bonchev–Trinajstić information content (AvgIpc) is 3.38. The van der Waals surface area contributed by atoms with Gasteiger partial charge in [0.15, 0.2) is 23.0 Å². The third-order valence-electron chi connectivity index (χ3n) is 4.47. The number of carbonyl (C=O) groups excluding carboxylic acids is 1. The van der Waals surface area contributed by atoms with Crippen LogP contribution < -0.4 is 20.1 Å². The van der Waals surface area contributed by atoms with Crippen LogP contribution >= 0.6 is 0 Å². The molecule has 2 aromatic carbocycles. The van der Waals surface area contributed by atoms with Crippen molar-refractivity contribution in [2.24, 2.45) is 0 Å². The molecule has 0 aliphatic rings. The van der Waals surface area contributed by atoms with Crippen molar-refractivity contribution in [2.75, 3.05) is 19.5 Å². The molecule has 0 radical (unpaired) electrons. The van der Waals surface area contributed by atoms with Gasteiger partial charge >= 0.3 is 6.03 Å². The van der Waals surface area contributed by atoms with Gasteiger partial charge in [0, 0.05) is 24.9 Å². The molecule has 2 aromatic heterocycles. The van der Waals surface area contributed by atoms with Gasteiger partial charge in [-0.05, 0) is 17.7 Å². The van der Waals surface area contributed by atoms with Gasteiger partial charge in [-0.2, -0.15) is 5.10 Å². The van der Waals surface area contributed by atoms with E-state index in [0.717, 1.165) is 11.1 Å². The number of halogens is 1. The van der Waals surface area contributed by atoms with E-state index >= 15 is 0 Å². The number of carbonyl (C=O) groups is 1. The zero-order valence-corrected chi connectivity index (χ0v) is 16.2. The van der Waals surface area contributed by atoms with Crippen molar-refractivity contribution < 1.29 is 18.7 Å². The van der Waals surface area contributed by atoms with Crippen LogP contribution in [0.5, 0.6) is 11.5 Å². The average molecular weight is 410 g/mol. The summed E-state index contributed by atoms with van der Waals surface area (Å²) in [6.45, 7) is 0.253. The predicted molar refractivity (Wildman–Crippen MR) is 109 cm³/mol. The second kappa shape index (κ2) is 8.11. The summed E-state index contributed by atoms with van der Waals surface area (Å²) in [5.74, 6) is 1.27. The second-order valence-electron chi connectivity index (χ2n) is 6.39. The molecule has 0 fully saturated rings. The molecular formula is C20H19FN6O3. The van der Waals surface area contributed by atoms with Crippen LogP contribution in [0, 0.1) is 5.82 Å². The molecule has 30 heavy (non-hydrogen) atoms. The van der Waals surface area contributed by atoms with Gasteiger partial charge in [0.2, 0.25) is 0 Å². The molecule has 4 aromatic rings. The molecule has 0 saturated heterocycles.